The molecule has 2 aliphatic rings. The van der Waals surface area contributed by atoms with E-state index < -0.39 is 0 Å². The number of para-hydroxylation sites is 4. The molecule has 0 aromatic heterocycles. The quantitative estimate of drug-likeness (QED) is 0.179. The van der Waals surface area contributed by atoms with Crippen molar-refractivity contribution in [1.82, 2.24) is 0 Å². The Morgan fingerprint density at radius 1 is 0.352 bits per heavy atom. The normalized spacial score (nSPS) is 12.8. The third-order valence-electron chi connectivity index (χ3n) is 10.7. The number of nitrogens with zero attached hydrogens (tertiary/aromatic N) is 2. The second kappa shape index (κ2) is 12.9. The summed E-state index contributed by atoms with van der Waals surface area (Å²) in [4.78, 5) is 4.73. The van der Waals surface area contributed by atoms with Gasteiger partial charge < -0.3 is 19.3 Å². The molecule has 54 heavy (non-hydrogen) atoms. The number of fused-ring (bicyclic) bond motifs is 6. The minimum atomic E-state index is 0.793. The Balaban J connectivity index is 1.16. The fraction of sp³-hybridized carbons (Fsp3) is 0.0400. The van der Waals surface area contributed by atoms with E-state index in [1.54, 1.807) is 14.2 Å². The first-order valence-electron chi connectivity index (χ1n) is 18.2. The van der Waals surface area contributed by atoms with Crippen molar-refractivity contribution < 1.29 is 9.47 Å². The van der Waals surface area contributed by atoms with Crippen molar-refractivity contribution in [2.24, 2.45) is 0 Å². The van der Waals surface area contributed by atoms with Crippen LogP contribution in [0, 0.1) is 0 Å². The molecule has 0 aliphatic carbocycles. The Kier molecular flexibility index (Phi) is 7.55. The lowest BCUT2D eigenvalue weighted by molar-refractivity contribution is 0.411. The van der Waals surface area contributed by atoms with Gasteiger partial charge >= 0.3 is 0 Å². The first-order chi connectivity index (χ1) is 26.7. The van der Waals surface area contributed by atoms with Crippen molar-refractivity contribution in [1.29, 1.82) is 0 Å². The van der Waals surface area contributed by atoms with E-state index >= 15 is 0 Å². The Labute approximate surface area is 315 Å². The van der Waals surface area contributed by atoms with Crippen LogP contribution in [-0.4, -0.2) is 14.2 Å². The molecule has 2 heterocycles. The molecule has 8 aromatic rings. The summed E-state index contributed by atoms with van der Waals surface area (Å²) in [5.74, 6) is 1.59. The maximum Gasteiger partial charge on any atom is 0.127 e. The van der Waals surface area contributed by atoms with Crippen LogP contribution >= 0.6 is 0 Å². The number of rotatable bonds is 5. The highest BCUT2D eigenvalue weighted by molar-refractivity contribution is 6.11. The Morgan fingerprint density at radius 3 is 1.02 bits per heavy atom. The van der Waals surface area contributed by atoms with Crippen LogP contribution in [0.3, 0.4) is 0 Å². The van der Waals surface area contributed by atoms with Crippen molar-refractivity contribution in [3.63, 3.8) is 0 Å². The lowest BCUT2D eigenvalue weighted by Crippen LogP contribution is -2.11. The predicted molar refractivity (Wildman–Crippen MR) is 227 cm³/mol. The van der Waals surface area contributed by atoms with Crippen LogP contribution in [-0.2, 0) is 0 Å². The topological polar surface area (TPSA) is 24.9 Å². The zero-order chi connectivity index (χ0) is 36.2. The van der Waals surface area contributed by atoms with Gasteiger partial charge in [0.15, 0.2) is 0 Å². The average Bonchev–Trinajstić information content (AvgIpc) is 3.51. The summed E-state index contributed by atoms with van der Waals surface area (Å²) in [5, 5.41) is 4.39. The number of ether oxygens (including phenoxy) is 2. The van der Waals surface area contributed by atoms with Gasteiger partial charge in [0.25, 0.3) is 0 Å². The summed E-state index contributed by atoms with van der Waals surface area (Å²) in [6.45, 7) is 0. The Bertz CT molecular complexity index is 2540. The van der Waals surface area contributed by atoms with Gasteiger partial charge in [-0.05, 0) is 104 Å². The number of hydrogen-bond acceptors (Lipinski definition) is 4. The molecule has 0 fully saturated rings. The van der Waals surface area contributed by atoms with E-state index in [2.05, 4.69) is 192 Å². The highest BCUT2D eigenvalue weighted by Crippen LogP contribution is 2.49. The maximum atomic E-state index is 6.13. The molecular weight excluding hydrogens is 661 g/mol. The lowest BCUT2D eigenvalue weighted by Gasteiger charge is -2.28. The average molecular weight is 697 g/mol. The van der Waals surface area contributed by atoms with E-state index in [1.807, 2.05) is 0 Å². The fourth-order valence-electron chi connectivity index (χ4n) is 8.23. The summed E-state index contributed by atoms with van der Waals surface area (Å²) in [6.07, 6.45) is 8.82. The third-order valence-corrected chi connectivity index (χ3v) is 10.7. The van der Waals surface area contributed by atoms with Crippen molar-refractivity contribution >= 4 is 80.0 Å². The summed E-state index contributed by atoms with van der Waals surface area (Å²) < 4.78 is 12.3. The molecule has 0 saturated carbocycles. The van der Waals surface area contributed by atoms with Gasteiger partial charge in [0.1, 0.15) is 11.5 Å². The number of anilines is 6. The van der Waals surface area contributed by atoms with E-state index in [9.17, 15) is 0 Å². The molecule has 0 spiro atoms. The predicted octanol–water partition coefficient (Wildman–Crippen LogP) is 13.6. The van der Waals surface area contributed by atoms with Crippen LogP contribution in [0.1, 0.15) is 22.3 Å². The molecule has 0 radical (unpaired) electrons. The van der Waals surface area contributed by atoms with Crippen molar-refractivity contribution in [2.45, 2.75) is 0 Å². The van der Waals surface area contributed by atoms with E-state index in [4.69, 9.17) is 9.47 Å². The molecular formula is C50H36N2O2. The smallest absolute Gasteiger partial charge is 0.127 e. The molecule has 0 amide bonds. The Hall–Kier alpha value is -7.04. The number of methoxy groups -OCH3 is 2. The molecule has 0 atom stereocenters. The van der Waals surface area contributed by atoms with Crippen LogP contribution in [0.15, 0.2) is 158 Å². The van der Waals surface area contributed by atoms with E-state index in [0.29, 0.717) is 0 Å². The molecule has 0 bridgehead atoms. The summed E-state index contributed by atoms with van der Waals surface area (Å²) in [7, 11) is 3.49. The standard InChI is InChI=1S/C50H36N2O2/c1-53-47-29-23-37-31-39(51-43-15-7-3-11-33(43)19-20-34-12-4-8-16-44(34)51)25-27-41(37)49(47)50-42-28-26-40(32-38(42)24-30-48(50)54-2)52-45-17-9-5-13-35(45)21-22-36-14-6-10-18-46(36)52/h3-32H,1-2H3. The molecule has 8 aromatic carbocycles. The van der Waals surface area contributed by atoms with Crippen LogP contribution in [0.5, 0.6) is 11.5 Å². The maximum absolute atomic E-state index is 6.13. The van der Waals surface area contributed by atoms with Crippen molar-refractivity contribution in [2.75, 3.05) is 24.0 Å². The van der Waals surface area contributed by atoms with Crippen molar-refractivity contribution in [3.05, 3.63) is 180 Å². The van der Waals surface area contributed by atoms with Gasteiger partial charge in [-0.15, -0.1) is 0 Å². The minimum absolute atomic E-state index is 0.793. The van der Waals surface area contributed by atoms with Crippen LogP contribution in [0.2, 0.25) is 0 Å². The van der Waals surface area contributed by atoms with Crippen molar-refractivity contribution in [3.8, 4) is 22.6 Å². The first-order valence-corrected chi connectivity index (χ1v) is 18.2. The monoisotopic (exact) mass is 696 g/mol. The zero-order valence-corrected chi connectivity index (χ0v) is 30.0. The second-order valence-corrected chi connectivity index (χ2v) is 13.7. The van der Waals surface area contributed by atoms with Gasteiger partial charge in [0.2, 0.25) is 0 Å². The third kappa shape index (κ3) is 5.07. The molecule has 0 unspecified atom stereocenters. The Morgan fingerprint density at radius 2 is 0.685 bits per heavy atom. The summed E-state index contributed by atoms with van der Waals surface area (Å²) in [6, 6.07) is 56.3. The van der Waals surface area contributed by atoms with Crippen LogP contribution in [0.4, 0.5) is 34.1 Å². The highest BCUT2D eigenvalue weighted by Gasteiger charge is 2.24. The minimum Gasteiger partial charge on any atom is -0.496 e. The molecule has 0 N–H and O–H groups in total. The van der Waals surface area contributed by atoms with Gasteiger partial charge in [0, 0.05) is 22.5 Å². The second-order valence-electron chi connectivity index (χ2n) is 13.7. The van der Waals surface area contributed by atoms with Gasteiger partial charge in [-0.2, -0.15) is 0 Å². The van der Waals surface area contributed by atoms with Gasteiger partial charge in [-0.25, -0.2) is 0 Å². The molecule has 0 saturated heterocycles. The highest BCUT2D eigenvalue weighted by atomic mass is 16.5. The van der Waals surface area contributed by atoms with E-state index in [0.717, 1.165) is 78.3 Å². The first kappa shape index (κ1) is 31.7. The van der Waals surface area contributed by atoms with E-state index in [1.165, 1.54) is 22.3 Å². The summed E-state index contributed by atoms with van der Waals surface area (Å²) >= 11 is 0. The number of hydrogen-bond donors (Lipinski definition) is 0. The van der Waals surface area contributed by atoms with E-state index in [-0.39, 0.29) is 0 Å². The van der Waals surface area contributed by atoms with Gasteiger partial charge in [-0.3, -0.25) is 0 Å². The zero-order valence-electron chi connectivity index (χ0n) is 30.0. The number of benzene rings is 8. The molecule has 4 nitrogen and oxygen atoms in total. The largest absolute Gasteiger partial charge is 0.496 e. The fourth-order valence-corrected chi connectivity index (χ4v) is 8.23. The van der Waals surface area contributed by atoms with Gasteiger partial charge in [0.05, 0.1) is 37.0 Å². The molecule has 2 aliphatic heterocycles. The lowest BCUT2D eigenvalue weighted by atomic mass is 9.91. The molecule has 4 heteroatoms. The molecule has 258 valence electrons. The van der Waals surface area contributed by atoms with Crippen LogP contribution in [0.25, 0.3) is 57.0 Å². The molecule has 10 rings (SSSR count). The SMILES string of the molecule is COc1ccc2cc(N3c4ccccc4C=Cc4ccccc43)ccc2c1-c1c(OC)ccc2cc(N3c4ccccc4C=Cc4ccccc43)ccc12. The van der Waals surface area contributed by atoms with Gasteiger partial charge in [-0.1, -0.05) is 121 Å². The van der Waals surface area contributed by atoms with Crippen LogP contribution < -0.4 is 19.3 Å². The summed E-state index contributed by atoms with van der Waals surface area (Å²) in [5.41, 5.74) is 13.4.